The Labute approximate surface area is 133 Å². The molecule has 0 radical (unpaired) electrons. The van der Waals surface area contributed by atoms with E-state index in [-0.39, 0.29) is 11.9 Å². The van der Waals surface area contributed by atoms with Crippen LogP contribution in [0.4, 0.5) is 0 Å². The molecule has 1 saturated heterocycles. The number of hydrogen-bond acceptors (Lipinski definition) is 6. The minimum absolute atomic E-state index is 0.0929. The van der Waals surface area contributed by atoms with Crippen LogP contribution >= 0.6 is 11.3 Å². The summed E-state index contributed by atoms with van der Waals surface area (Å²) < 4.78 is 5.24. The van der Waals surface area contributed by atoms with E-state index in [1.165, 1.54) is 0 Å². The third-order valence-corrected chi connectivity index (χ3v) is 4.78. The molecule has 1 unspecified atom stereocenters. The second kappa shape index (κ2) is 6.58. The zero-order valence-electron chi connectivity index (χ0n) is 12.9. The maximum Gasteiger partial charge on any atom is 0.243 e. The summed E-state index contributed by atoms with van der Waals surface area (Å²) in [6, 6.07) is 2.11. The van der Waals surface area contributed by atoms with E-state index in [1.54, 1.807) is 11.3 Å². The van der Waals surface area contributed by atoms with Crippen LogP contribution < -0.4 is 0 Å². The predicted molar refractivity (Wildman–Crippen MR) is 83.6 cm³/mol. The molecule has 2 aromatic rings. The molecule has 1 aliphatic heterocycles. The third-order valence-electron chi connectivity index (χ3n) is 4.05. The first-order chi connectivity index (χ1) is 10.6. The number of carbonyl (C=O) groups excluding carboxylic acids is 1. The number of thiophene rings is 1. The molecule has 1 aliphatic rings. The first kappa shape index (κ1) is 15.2. The van der Waals surface area contributed by atoms with Gasteiger partial charge in [0.1, 0.15) is 0 Å². The van der Waals surface area contributed by atoms with Gasteiger partial charge in [0.2, 0.25) is 11.8 Å². The van der Waals surface area contributed by atoms with Gasteiger partial charge in [-0.2, -0.15) is 16.3 Å². The predicted octanol–water partition coefficient (Wildman–Crippen LogP) is 1.89. The standard InChI is InChI=1S/C15H20N4O2S/c1-11(15-16-12(2)17-21-15)18-4-6-19(7-5-18)14(20)9-13-3-8-22-10-13/h3,8,10-11H,4-7,9H2,1-2H3. The lowest BCUT2D eigenvalue weighted by Gasteiger charge is -2.36. The number of piperazine rings is 1. The van der Waals surface area contributed by atoms with Crippen LogP contribution in [0, 0.1) is 6.92 Å². The Morgan fingerprint density at radius 1 is 1.41 bits per heavy atom. The summed E-state index contributed by atoms with van der Waals surface area (Å²) in [5, 5.41) is 7.89. The molecule has 6 nitrogen and oxygen atoms in total. The second-order valence-electron chi connectivity index (χ2n) is 5.58. The Morgan fingerprint density at radius 2 is 2.18 bits per heavy atom. The molecule has 2 aromatic heterocycles. The third kappa shape index (κ3) is 3.36. The molecule has 0 bridgehead atoms. The molecule has 118 valence electrons. The van der Waals surface area contributed by atoms with Gasteiger partial charge >= 0.3 is 0 Å². The van der Waals surface area contributed by atoms with Gasteiger partial charge in [-0.3, -0.25) is 9.69 Å². The average molecular weight is 320 g/mol. The lowest BCUT2D eigenvalue weighted by molar-refractivity contribution is -0.132. The summed E-state index contributed by atoms with van der Waals surface area (Å²) in [5.74, 6) is 1.52. The molecular weight excluding hydrogens is 300 g/mol. The molecule has 3 heterocycles. The number of aromatic nitrogens is 2. The van der Waals surface area contributed by atoms with Crippen LogP contribution in [0.25, 0.3) is 0 Å². The smallest absolute Gasteiger partial charge is 0.243 e. The van der Waals surface area contributed by atoms with E-state index in [1.807, 2.05) is 28.7 Å². The van der Waals surface area contributed by atoms with Gasteiger partial charge in [0, 0.05) is 26.2 Å². The van der Waals surface area contributed by atoms with E-state index >= 15 is 0 Å². The van der Waals surface area contributed by atoms with E-state index in [0.717, 1.165) is 31.7 Å². The van der Waals surface area contributed by atoms with Crippen LogP contribution in [-0.4, -0.2) is 52.0 Å². The lowest BCUT2D eigenvalue weighted by atomic mass is 10.2. The van der Waals surface area contributed by atoms with Gasteiger partial charge in [0.05, 0.1) is 12.5 Å². The Balaban J connectivity index is 1.52. The highest BCUT2D eigenvalue weighted by Crippen LogP contribution is 2.20. The van der Waals surface area contributed by atoms with E-state index in [0.29, 0.717) is 18.1 Å². The molecule has 3 rings (SSSR count). The van der Waals surface area contributed by atoms with Gasteiger partial charge < -0.3 is 9.42 Å². The summed E-state index contributed by atoms with van der Waals surface area (Å²) in [6.07, 6.45) is 0.502. The minimum Gasteiger partial charge on any atom is -0.340 e. The van der Waals surface area contributed by atoms with Crippen LogP contribution in [0.5, 0.6) is 0 Å². The van der Waals surface area contributed by atoms with E-state index in [9.17, 15) is 4.79 Å². The van der Waals surface area contributed by atoms with E-state index in [2.05, 4.69) is 22.0 Å². The molecule has 7 heteroatoms. The second-order valence-corrected chi connectivity index (χ2v) is 6.36. The SMILES string of the molecule is Cc1noc(C(C)N2CCN(C(=O)Cc3ccsc3)CC2)n1. The Hall–Kier alpha value is -1.73. The lowest BCUT2D eigenvalue weighted by Crippen LogP contribution is -2.49. The first-order valence-corrected chi connectivity index (χ1v) is 8.41. The van der Waals surface area contributed by atoms with Crippen molar-refractivity contribution >= 4 is 17.2 Å². The molecule has 0 N–H and O–H groups in total. The van der Waals surface area contributed by atoms with Crippen molar-refractivity contribution in [3.8, 4) is 0 Å². The normalized spacial score (nSPS) is 17.6. The Bertz CT molecular complexity index is 617. The minimum atomic E-state index is 0.0929. The quantitative estimate of drug-likeness (QED) is 0.861. The van der Waals surface area contributed by atoms with Crippen molar-refractivity contribution in [3.05, 3.63) is 34.1 Å². The van der Waals surface area contributed by atoms with Crippen molar-refractivity contribution in [3.63, 3.8) is 0 Å². The molecule has 1 amide bonds. The summed E-state index contributed by atoms with van der Waals surface area (Å²) in [4.78, 5) is 20.8. The largest absolute Gasteiger partial charge is 0.340 e. The highest BCUT2D eigenvalue weighted by Gasteiger charge is 2.27. The van der Waals surface area contributed by atoms with Crippen LogP contribution in [0.15, 0.2) is 21.3 Å². The molecule has 0 spiro atoms. The molecule has 1 atom stereocenters. The van der Waals surface area contributed by atoms with Crippen LogP contribution in [-0.2, 0) is 11.2 Å². The van der Waals surface area contributed by atoms with Gasteiger partial charge in [-0.25, -0.2) is 0 Å². The highest BCUT2D eigenvalue weighted by atomic mass is 32.1. The van der Waals surface area contributed by atoms with Gasteiger partial charge in [0.25, 0.3) is 0 Å². The summed E-state index contributed by atoms with van der Waals surface area (Å²) >= 11 is 1.63. The number of carbonyl (C=O) groups is 1. The summed E-state index contributed by atoms with van der Waals surface area (Å²) in [7, 11) is 0. The number of hydrogen-bond donors (Lipinski definition) is 0. The number of amides is 1. The topological polar surface area (TPSA) is 62.5 Å². The molecular formula is C15H20N4O2S. The maximum absolute atomic E-state index is 12.3. The maximum atomic E-state index is 12.3. The summed E-state index contributed by atoms with van der Waals surface area (Å²) in [6.45, 7) is 7.05. The van der Waals surface area contributed by atoms with Crippen molar-refractivity contribution in [2.45, 2.75) is 26.3 Å². The van der Waals surface area contributed by atoms with Crippen molar-refractivity contribution in [1.29, 1.82) is 0 Å². The van der Waals surface area contributed by atoms with Crippen LogP contribution in [0.2, 0.25) is 0 Å². The fourth-order valence-corrected chi connectivity index (χ4v) is 3.35. The molecule has 0 saturated carbocycles. The van der Waals surface area contributed by atoms with Gasteiger partial charge in [-0.1, -0.05) is 5.16 Å². The number of nitrogens with zero attached hydrogens (tertiary/aromatic N) is 4. The zero-order chi connectivity index (χ0) is 15.5. The monoisotopic (exact) mass is 320 g/mol. The zero-order valence-corrected chi connectivity index (χ0v) is 13.7. The molecule has 22 heavy (non-hydrogen) atoms. The molecule has 0 aromatic carbocycles. The van der Waals surface area contributed by atoms with E-state index in [4.69, 9.17) is 4.52 Å². The fraction of sp³-hybridized carbons (Fsp3) is 0.533. The molecule has 0 aliphatic carbocycles. The van der Waals surface area contributed by atoms with Gasteiger partial charge in [0.15, 0.2) is 5.82 Å². The van der Waals surface area contributed by atoms with Crippen LogP contribution in [0.1, 0.15) is 30.2 Å². The van der Waals surface area contributed by atoms with Crippen molar-refractivity contribution in [1.82, 2.24) is 19.9 Å². The first-order valence-electron chi connectivity index (χ1n) is 7.46. The fourth-order valence-electron chi connectivity index (χ4n) is 2.68. The Morgan fingerprint density at radius 3 is 2.77 bits per heavy atom. The number of rotatable bonds is 4. The number of aryl methyl sites for hydroxylation is 1. The van der Waals surface area contributed by atoms with Gasteiger partial charge in [-0.15, -0.1) is 0 Å². The van der Waals surface area contributed by atoms with Crippen molar-refractivity contribution < 1.29 is 9.32 Å². The summed E-state index contributed by atoms with van der Waals surface area (Å²) in [5.41, 5.74) is 1.10. The van der Waals surface area contributed by atoms with Crippen molar-refractivity contribution in [2.24, 2.45) is 0 Å². The van der Waals surface area contributed by atoms with Gasteiger partial charge in [-0.05, 0) is 36.2 Å². The average Bonchev–Trinajstić information content (AvgIpc) is 3.18. The molecule has 1 fully saturated rings. The van der Waals surface area contributed by atoms with E-state index < -0.39 is 0 Å². The highest BCUT2D eigenvalue weighted by molar-refractivity contribution is 7.07. The Kier molecular flexibility index (Phi) is 4.54. The van der Waals surface area contributed by atoms with Crippen LogP contribution in [0.3, 0.4) is 0 Å². The van der Waals surface area contributed by atoms with Crippen molar-refractivity contribution in [2.75, 3.05) is 26.2 Å².